The van der Waals surface area contributed by atoms with Gasteiger partial charge in [0.1, 0.15) is 11.9 Å². The molecule has 1 aromatic rings. The first kappa shape index (κ1) is 11.2. The Morgan fingerprint density at radius 1 is 1.20 bits per heavy atom. The second-order valence-electron chi connectivity index (χ2n) is 3.94. The minimum Gasteiger partial charge on any atom is -0.487 e. The van der Waals surface area contributed by atoms with Crippen molar-refractivity contribution in [3.8, 4) is 5.75 Å². The number of hydrogen-bond acceptors (Lipinski definition) is 2. The Kier molecular flexibility index (Phi) is 3.86. The van der Waals surface area contributed by atoms with Crippen molar-refractivity contribution in [2.45, 2.75) is 37.9 Å². The molecule has 2 nitrogen and oxygen atoms in total. The summed E-state index contributed by atoms with van der Waals surface area (Å²) in [5, 5.41) is 9.79. The van der Waals surface area contributed by atoms with Crippen LogP contribution in [0.2, 0.25) is 0 Å². The lowest BCUT2D eigenvalue weighted by Gasteiger charge is -2.28. The van der Waals surface area contributed by atoms with Crippen LogP contribution in [0.4, 0.5) is 0 Å². The predicted octanol–water partition coefficient (Wildman–Crippen LogP) is 2.97. The summed E-state index contributed by atoms with van der Waals surface area (Å²) >= 11 is 2.26. The van der Waals surface area contributed by atoms with Crippen molar-refractivity contribution in [3.05, 3.63) is 27.8 Å². The third kappa shape index (κ3) is 2.84. The Bertz CT molecular complexity index is 327. The molecule has 3 heteroatoms. The van der Waals surface area contributed by atoms with Gasteiger partial charge >= 0.3 is 0 Å². The monoisotopic (exact) mass is 318 g/mol. The minimum atomic E-state index is -0.297. The maximum Gasteiger partial charge on any atom is 0.133 e. The normalized spacial score (nSPS) is 26.3. The quantitative estimate of drug-likeness (QED) is 0.850. The van der Waals surface area contributed by atoms with Gasteiger partial charge in [0.25, 0.3) is 0 Å². The lowest BCUT2D eigenvalue weighted by atomic mass is 9.95. The van der Waals surface area contributed by atoms with E-state index in [1.807, 2.05) is 24.3 Å². The van der Waals surface area contributed by atoms with Gasteiger partial charge in [-0.05, 0) is 54.0 Å². The highest BCUT2D eigenvalue weighted by molar-refractivity contribution is 14.1. The molecule has 0 amide bonds. The Hall–Kier alpha value is -0.290. The van der Waals surface area contributed by atoms with Crippen LogP contribution in [0.15, 0.2) is 24.3 Å². The van der Waals surface area contributed by atoms with Crippen LogP contribution < -0.4 is 4.74 Å². The fraction of sp³-hybridized carbons (Fsp3) is 0.500. The Morgan fingerprint density at radius 2 is 1.93 bits per heavy atom. The largest absolute Gasteiger partial charge is 0.487 e. The number of halogens is 1. The number of aliphatic hydroxyl groups is 1. The molecular formula is C12H15IO2. The molecule has 0 saturated heterocycles. The van der Waals surface area contributed by atoms with Crippen LogP contribution >= 0.6 is 22.6 Å². The first-order valence-corrected chi connectivity index (χ1v) is 6.44. The van der Waals surface area contributed by atoms with Gasteiger partial charge in [-0.15, -0.1) is 0 Å². The van der Waals surface area contributed by atoms with E-state index in [0.717, 1.165) is 35.0 Å². The zero-order valence-corrected chi connectivity index (χ0v) is 10.7. The second-order valence-corrected chi connectivity index (χ2v) is 5.10. The number of aliphatic hydroxyl groups excluding tert-OH is 1. The molecule has 0 aliphatic heterocycles. The van der Waals surface area contributed by atoms with Gasteiger partial charge in [-0.2, -0.15) is 0 Å². The molecule has 0 bridgehead atoms. The average Bonchev–Trinajstić information content (AvgIpc) is 2.24. The molecule has 2 rings (SSSR count). The van der Waals surface area contributed by atoms with Crippen LogP contribution in [-0.4, -0.2) is 17.3 Å². The van der Waals surface area contributed by atoms with E-state index in [0.29, 0.717) is 0 Å². The minimum absolute atomic E-state index is 0.0188. The number of rotatable bonds is 2. The summed E-state index contributed by atoms with van der Waals surface area (Å²) in [5.41, 5.74) is 0. The molecule has 1 aliphatic carbocycles. The van der Waals surface area contributed by atoms with E-state index in [1.165, 1.54) is 0 Å². The average molecular weight is 318 g/mol. The smallest absolute Gasteiger partial charge is 0.133 e. The van der Waals surface area contributed by atoms with E-state index < -0.39 is 0 Å². The predicted molar refractivity (Wildman–Crippen MR) is 68.0 cm³/mol. The van der Waals surface area contributed by atoms with E-state index in [2.05, 4.69) is 22.6 Å². The van der Waals surface area contributed by atoms with Crippen LogP contribution in [0.25, 0.3) is 0 Å². The number of ether oxygens (including phenoxy) is 1. The van der Waals surface area contributed by atoms with Gasteiger partial charge in [0, 0.05) is 0 Å². The fourth-order valence-corrected chi connectivity index (χ4v) is 2.43. The molecule has 1 aromatic carbocycles. The molecule has 0 unspecified atom stereocenters. The van der Waals surface area contributed by atoms with Crippen LogP contribution in [0.3, 0.4) is 0 Å². The van der Waals surface area contributed by atoms with Crippen molar-refractivity contribution in [1.29, 1.82) is 0 Å². The zero-order chi connectivity index (χ0) is 10.7. The van der Waals surface area contributed by atoms with Gasteiger partial charge in [0.15, 0.2) is 0 Å². The summed E-state index contributed by atoms with van der Waals surface area (Å²) in [5.74, 6) is 0.893. The van der Waals surface area contributed by atoms with Crippen molar-refractivity contribution in [2.24, 2.45) is 0 Å². The Balaban J connectivity index is 2.04. The SMILES string of the molecule is O[C@H]1CCCC[C@@H]1Oc1ccccc1I. The second kappa shape index (κ2) is 5.16. The lowest BCUT2D eigenvalue weighted by Crippen LogP contribution is -2.34. The number of para-hydroxylation sites is 1. The molecule has 82 valence electrons. The molecular weight excluding hydrogens is 303 g/mol. The van der Waals surface area contributed by atoms with E-state index in [4.69, 9.17) is 4.74 Å². The summed E-state index contributed by atoms with van der Waals surface area (Å²) in [6.45, 7) is 0. The summed E-state index contributed by atoms with van der Waals surface area (Å²) in [6, 6.07) is 7.94. The van der Waals surface area contributed by atoms with Gasteiger partial charge in [0.2, 0.25) is 0 Å². The fourth-order valence-electron chi connectivity index (χ4n) is 1.92. The van der Waals surface area contributed by atoms with Gasteiger partial charge in [-0.25, -0.2) is 0 Å². The van der Waals surface area contributed by atoms with Gasteiger partial charge in [-0.3, -0.25) is 0 Å². The molecule has 0 heterocycles. The first-order valence-electron chi connectivity index (χ1n) is 5.36. The lowest BCUT2D eigenvalue weighted by molar-refractivity contribution is 0.00643. The topological polar surface area (TPSA) is 29.5 Å². The molecule has 2 atom stereocenters. The number of hydrogen-bond donors (Lipinski definition) is 1. The van der Waals surface area contributed by atoms with Crippen LogP contribution in [0, 0.1) is 3.57 Å². The zero-order valence-electron chi connectivity index (χ0n) is 8.53. The summed E-state index contributed by atoms with van der Waals surface area (Å²) in [4.78, 5) is 0. The molecule has 1 aliphatic rings. The maximum absolute atomic E-state index is 9.79. The molecule has 1 N–H and O–H groups in total. The highest BCUT2D eigenvalue weighted by Crippen LogP contribution is 2.26. The van der Waals surface area contributed by atoms with Crippen molar-refractivity contribution in [1.82, 2.24) is 0 Å². The molecule has 1 saturated carbocycles. The molecule has 0 aromatic heterocycles. The molecule has 0 spiro atoms. The maximum atomic E-state index is 9.79. The van der Waals surface area contributed by atoms with Crippen molar-refractivity contribution in [2.75, 3.05) is 0 Å². The molecule has 1 fully saturated rings. The third-order valence-corrected chi connectivity index (χ3v) is 3.67. The van der Waals surface area contributed by atoms with Crippen molar-refractivity contribution < 1.29 is 9.84 Å². The van der Waals surface area contributed by atoms with Crippen molar-refractivity contribution >= 4 is 22.6 Å². The Labute approximate surface area is 104 Å². The van der Waals surface area contributed by atoms with Crippen molar-refractivity contribution in [3.63, 3.8) is 0 Å². The number of benzene rings is 1. The summed E-state index contributed by atoms with van der Waals surface area (Å²) < 4.78 is 6.95. The highest BCUT2D eigenvalue weighted by atomic mass is 127. The summed E-state index contributed by atoms with van der Waals surface area (Å²) in [6.07, 6.45) is 3.79. The van der Waals surface area contributed by atoms with Gasteiger partial charge in [0.05, 0.1) is 9.67 Å². The van der Waals surface area contributed by atoms with Gasteiger partial charge in [-0.1, -0.05) is 18.6 Å². The molecule has 15 heavy (non-hydrogen) atoms. The third-order valence-electron chi connectivity index (χ3n) is 2.78. The van der Waals surface area contributed by atoms with Gasteiger partial charge < -0.3 is 9.84 Å². The first-order chi connectivity index (χ1) is 7.27. The summed E-state index contributed by atoms with van der Waals surface area (Å²) in [7, 11) is 0. The van der Waals surface area contributed by atoms with Crippen LogP contribution in [0.1, 0.15) is 25.7 Å². The van der Waals surface area contributed by atoms with E-state index >= 15 is 0 Å². The van der Waals surface area contributed by atoms with Crippen LogP contribution in [-0.2, 0) is 0 Å². The highest BCUT2D eigenvalue weighted by Gasteiger charge is 2.24. The van der Waals surface area contributed by atoms with E-state index in [9.17, 15) is 5.11 Å². The Morgan fingerprint density at radius 3 is 2.67 bits per heavy atom. The standard InChI is InChI=1S/C12H15IO2/c13-9-5-1-3-7-11(9)15-12-8-4-2-6-10(12)14/h1,3,5,7,10,12,14H,2,4,6,8H2/t10-,12-/m0/s1. The van der Waals surface area contributed by atoms with Crippen LogP contribution in [0.5, 0.6) is 5.75 Å². The van der Waals surface area contributed by atoms with E-state index in [-0.39, 0.29) is 12.2 Å². The van der Waals surface area contributed by atoms with E-state index in [1.54, 1.807) is 0 Å². The molecule has 0 radical (unpaired) electrons.